The van der Waals surface area contributed by atoms with Crippen LogP contribution in [-0.2, 0) is 4.79 Å². The first-order chi connectivity index (χ1) is 11.7. The highest BCUT2D eigenvalue weighted by molar-refractivity contribution is 7.13. The predicted octanol–water partition coefficient (Wildman–Crippen LogP) is 2.21. The minimum atomic E-state index is 0.198. The highest BCUT2D eigenvalue weighted by atomic mass is 32.1. The molecule has 3 heterocycles. The molecule has 1 saturated heterocycles. The maximum atomic E-state index is 12.5. The molecular weight excluding hydrogens is 324 g/mol. The van der Waals surface area contributed by atoms with Gasteiger partial charge < -0.3 is 20.3 Å². The second kappa shape index (κ2) is 6.32. The third-order valence-electron chi connectivity index (χ3n) is 4.52. The molecule has 24 heavy (non-hydrogen) atoms. The fourth-order valence-corrected chi connectivity index (χ4v) is 3.82. The molecule has 2 aliphatic rings. The summed E-state index contributed by atoms with van der Waals surface area (Å²) in [5, 5.41) is 2.50. The monoisotopic (exact) mass is 344 g/mol. The number of nitrogens with two attached hydrogens (primary N) is 1. The van der Waals surface area contributed by atoms with E-state index in [1.807, 2.05) is 28.5 Å². The molecule has 4 rings (SSSR count). The molecule has 0 unspecified atom stereocenters. The summed E-state index contributed by atoms with van der Waals surface area (Å²) in [6, 6.07) is 5.98. The normalized spacial score (nSPS) is 16.8. The summed E-state index contributed by atoms with van der Waals surface area (Å²) in [6.07, 6.45) is 2.22. The molecule has 7 heteroatoms. The van der Waals surface area contributed by atoms with Crippen molar-refractivity contribution in [2.24, 2.45) is 0 Å². The molecule has 1 aromatic heterocycles. The maximum absolute atomic E-state index is 12.5. The van der Waals surface area contributed by atoms with Crippen LogP contribution in [0.5, 0.6) is 5.75 Å². The molecule has 1 amide bonds. The van der Waals surface area contributed by atoms with Gasteiger partial charge in [0.05, 0.1) is 24.5 Å². The number of nitrogen functional groups attached to an aromatic ring is 1. The Bertz CT molecular complexity index is 755. The summed E-state index contributed by atoms with van der Waals surface area (Å²) < 4.78 is 5.75. The van der Waals surface area contributed by atoms with Crippen LogP contribution >= 0.6 is 11.3 Å². The van der Waals surface area contributed by atoms with Crippen molar-refractivity contribution in [2.45, 2.75) is 12.8 Å². The Kier molecular flexibility index (Phi) is 4.02. The van der Waals surface area contributed by atoms with E-state index in [0.29, 0.717) is 18.3 Å². The second-order valence-electron chi connectivity index (χ2n) is 6.11. The Balaban J connectivity index is 1.59. The number of hydrogen-bond acceptors (Lipinski definition) is 6. The van der Waals surface area contributed by atoms with Crippen molar-refractivity contribution in [1.29, 1.82) is 0 Å². The van der Waals surface area contributed by atoms with Gasteiger partial charge in [0.25, 0.3) is 0 Å². The lowest BCUT2D eigenvalue weighted by atomic mass is 10.1. The van der Waals surface area contributed by atoms with E-state index in [1.54, 1.807) is 0 Å². The smallest absolute Gasteiger partial charge is 0.242 e. The third kappa shape index (κ3) is 2.91. The van der Waals surface area contributed by atoms with Gasteiger partial charge in [0, 0.05) is 24.0 Å². The van der Waals surface area contributed by atoms with Crippen LogP contribution in [0.1, 0.15) is 12.8 Å². The zero-order valence-electron chi connectivity index (χ0n) is 13.4. The first-order valence-electron chi connectivity index (χ1n) is 8.22. The second-order valence-corrected chi connectivity index (χ2v) is 7.00. The number of ether oxygens (including phenoxy) is 1. The standard InChI is InChI=1S/C17H20N4O2S/c18-17-19-13(11-24-17)12-3-4-15-14(9-12)21(7-8-23-15)10-16(22)20-5-1-2-6-20/h3-4,9,11H,1-2,5-8,10H2,(H2,18,19). The number of carbonyl (C=O) groups excluding carboxylic acids is 1. The van der Waals surface area contributed by atoms with Crippen molar-refractivity contribution in [3.05, 3.63) is 23.6 Å². The number of nitrogens with zero attached hydrogens (tertiary/aromatic N) is 3. The highest BCUT2D eigenvalue weighted by Crippen LogP contribution is 2.36. The van der Waals surface area contributed by atoms with Crippen molar-refractivity contribution in [3.63, 3.8) is 0 Å². The molecule has 1 aromatic carbocycles. The summed E-state index contributed by atoms with van der Waals surface area (Å²) >= 11 is 1.43. The van der Waals surface area contributed by atoms with E-state index in [9.17, 15) is 4.79 Å². The molecule has 0 bridgehead atoms. The molecular formula is C17H20N4O2S. The predicted molar refractivity (Wildman–Crippen MR) is 95.5 cm³/mol. The average molecular weight is 344 g/mol. The minimum Gasteiger partial charge on any atom is -0.490 e. The molecule has 0 saturated carbocycles. The molecule has 2 aliphatic heterocycles. The number of benzene rings is 1. The summed E-state index contributed by atoms with van der Waals surface area (Å²) in [6.45, 7) is 3.49. The number of thiazole rings is 1. The number of likely N-dealkylation sites (tertiary alicyclic amines) is 1. The minimum absolute atomic E-state index is 0.198. The largest absolute Gasteiger partial charge is 0.490 e. The lowest BCUT2D eigenvalue weighted by molar-refractivity contribution is -0.128. The van der Waals surface area contributed by atoms with Gasteiger partial charge in [-0.25, -0.2) is 4.98 Å². The number of hydrogen-bond donors (Lipinski definition) is 1. The van der Waals surface area contributed by atoms with E-state index in [-0.39, 0.29) is 5.91 Å². The number of carbonyl (C=O) groups is 1. The topological polar surface area (TPSA) is 71.7 Å². The number of anilines is 2. The Labute approximate surface area is 144 Å². The van der Waals surface area contributed by atoms with Crippen molar-refractivity contribution in [3.8, 4) is 17.0 Å². The van der Waals surface area contributed by atoms with Gasteiger partial charge >= 0.3 is 0 Å². The SMILES string of the molecule is Nc1nc(-c2ccc3c(c2)N(CC(=O)N2CCCC2)CCO3)cs1. The van der Waals surface area contributed by atoms with E-state index in [0.717, 1.165) is 55.2 Å². The van der Waals surface area contributed by atoms with Crippen LogP contribution in [0, 0.1) is 0 Å². The van der Waals surface area contributed by atoms with Crippen LogP contribution in [0.3, 0.4) is 0 Å². The summed E-state index contributed by atoms with van der Waals surface area (Å²) in [7, 11) is 0. The zero-order chi connectivity index (χ0) is 16.5. The summed E-state index contributed by atoms with van der Waals surface area (Å²) in [5.41, 5.74) is 8.54. The Hall–Kier alpha value is -2.28. The number of rotatable bonds is 3. The van der Waals surface area contributed by atoms with Crippen molar-refractivity contribution >= 4 is 28.1 Å². The first-order valence-corrected chi connectivity index (χ1v) is 9.09. The Morgan fingerprint density at radius 2 is 2.12 bits per heavy atom. The van der Waals surface area contributed by atoms with Gasteiger partial charge in [-0.1, -0.05) is 0 Å². The molecule has 2 aromatic rings. The first kappa shape index (κ1) is 15.3. The lowest BCUT2D eigenvalue weighted by Crippen LogP contribution is -2.42. The average Bonchev–Trinajstić information content (AvgIpc) is 3.26. The number of fused-ring (bicyclic) bond motifs is 1. The van der Waals surface area contributed by atoms with Gasteiger partial charge in [-0.05, 0) is 31.0 Å². The molecule has 2 N–H and O–H groups in total. The van der Waals surface area contributed by atoms with Crippen LogP contribution in [-0.4, -0.2) is 48.6 Å². The van der Waals surface area contributed by atoms with E-state index < -0.39 is 0 Å². The Morgan fingerprint density at radius 1 is 1.29 bits per heavy atom. The fourth-order valence-electron chi connectivity index (χ4n) is 3.25. The van der Waals surface area contributed by atoms with Crippen molar-refractivity contribution in [2.75, 3.05) is 43.4 Å². The van der Waals surface area contributed by atoms with Gasteiger partial charge in [0.2, 0.25) is 5.91 Å². The highest BCUT2D eigenvalue weighted by Gasteiger charge is 2.25. The van der Waals surface area contributed by atoms with Crippen molar-refractivity contribution in [1.82, 2.24) is 9.88 Å². The van der Waals surface area contributed by atoms with Gasteiger partial charge in [0.1, 0.15) is 12.4 Å². The lowest BCUT2D eigenvalue weighted by Gasteiger charge is -2.32. The summed E-state index contributed by atoms with van der Waals surface area (Å²) in [4.78, 5) is 20.9. The molecule has 126 valence electrons. The molecule has 1 fully saturated rings. The maximum Gasteiger partial charge on any atom is 0.242 e. The van der Waals surface area contributed by atoms with E-state index >= 15 is 0 Å². The van der Waals surface area contributed by atoms with Crippen LogP contribution in [0.15, 0.2) is 23.6 Å². The quantitative estimate of drug-likeness (QED) is 0.924. The summed E-state index contributed by atoms with van der Waals surface area (Å²) in [5.74, 6) is 1.02. The van der Waals surface area contributed by atoms with Crippen molar-refractivity contribution < 1.29 is 9.53 Å². The van der Waals surface area contributed by atoms with Crippen LogP contribution in [0.25, 0.3) is 11.3 Å². The van der Waals surface area contributed by atoms with Crippen LogP contribution in [0.4, 0.5) is 10.8 Å². The Morgan fingerprint density at radius 3 is 2.88 bits per heavy atom. The van der Waals surface area contributed by atoms with E-state index in [1.165, 1.54) is 11.3 Å². The number of aromatic nitrogens is 1. The zero-order valence-corrected chi connectivity index (χ0v) is 14.2. The molecule has 0 atom stereocenters. The molecule has 0 spiro atoms. The van der Waals surface area contributed by atoms with Gasteiger partial charge in [0.15, 0.2) is 5.13 Å². The number of amides is 1. The fraction of sp³-hybridized carbons (Fsp3) is 0.412. The molecule has 6 nitrogen and oxygen atoms in total. The third-order valence-corrected chi connectivity index (χ3v) is 5.19. The van der Waals surface area contributed by atoms with Gasteiger partial charge in [-0.3, -0.25) is 4.79 Å². The van der Waals surface area contributed by atoms with Crippen LogP contribution < -0.4 is 15.4 Å². The van der Waals surface area contributed by atoms with Gasteiger partial charge in [-0.2, -0.15) is 0 Å². The van der Waals surface area contributed by atoms with Crippen LogP contribution in [0.2, 0.25) is 0 Å². The van der Waals surface area contributed by atoms with Gasteiger partial charge in [-0.15, -0.1) is 11.3 Å². The van der Waals surface area contributed by atoms with E-state index in [4.69, 9.17) is 10.5 Å². The molecule has 0 radical (unpaired) electrons. The molecule has 0 aliphatic carbocycles. The van der Waals surface area contributed by atoms with E-state index in [2.05, 4.69) is 9.88 Å².